The van der Waals surface area contributed by atoms with Crippen LogP contribution in [0, 0.1) is 0 Å². The Bertz CT molecular complexity index is 121. The Morgan fingerprint density at radius 2 is 2.50 bits per heavy atom. The summed E-state index contributed by atoms with van der Waals surface area (Å²) in [5, 5.41) is 0.236. The molecule has 0 heterocycles. The lowest BCUT2D eigenvalue weighted by Gasteiger charge is -2.02. The summed E-state index contributed by atoms with van der Waals surface area (Å²) >= 11 is 4.09. The van der Waals surface area contributed by atoms with Gasteiger partial charge in [-0.3, -0.25) is 0 Å². The summed E-state index contributed by atoms with van der Waals surface area (Å²) in [7, 11) is 0. The topological polar surface area (TPSA) is 38.7 Å². The first kappa shape index (κ1) is 9.69. The smallest absolute Gasteiger partial charge is 0.235 e. The van der Waals surface area contributed by atoms with Crippen molar-refractivity contribution in [2.24, 2.45) is 4.99 Å². The summed E-state index contributed by atoms with van der Waals surface area (Å²) < 4.78 is 5.05. The van der Waals surface area contributed by atoms with Crippen molar-refractivity contribution in [3.05, 3.63) is 0 Å². The fourth-order valence-corrected chi connectivity index (χ4v) is 0.515. The minimum atomic E-state index is 0.236. The van der Waals surface area contributed by atoms with Crippen LogP contribution in [0.5, 0.6) is 0 Å². The van der Waals surface area contributed by atoms with E-state index in [-0.39, 0.29) is 5.25 Å². The summed E-state index contributed by atoms with van der Waals surface area (Å²) in [4.78, 5) is 12.9. The number of hydrogen-bond acceptors (Lipinski definition) is 4. The maximum absolute atomic E-state index is 9.54. The molecule has 0 aromatic carbocycles. The number of isocyanates is 1. The zero-order valence-corrected chi connectivity index (χ0v) is 6.80. The van der Waals surface area contributed by atoms with E-state index in [9.17, 15) is 4.79 Å². The molecule has 0 radical (unpaired) electrons. The van der Waals surface area contributed by atoms with E-state index in [4.69, 9.17) is 4.74 Å². The van der Waals surface area contributed by atoms with E-state index < -0.39 is 0 Å². The maximum Gasteiger partial charge on any atom is 0.235 e. The number of thiol groups is 1. The van der Waals surface area contributed by atoms with Crippen LogP contribution in [-0.2, 0) is 9.53 Å². The summed E-state index contributed by atoms with van der Waals surface area (Å²) in [5.41, 5.74) is 0. The quantitative estimate of drug-likeness (QED) is 0.278. The Hall–Kier alpha value is -0.310. The van der Waals surface area contributed by atoms with Crippen molar-refractivity contribution in [1.29, 1.82) is 0 Å². The van der Waals surface area contributed by atoms with Gasteiger partial charge < -0.3 is 4.74 Å². The number of rotatable bonds is 5. The van der Waals surface area contributed by atoms with E-state index >= 15 is 0 Å². The standard InChI is InChI=1S/C6H11NO2S/c1-6(10)4-9-3-2-7-5-8/h6,10H,2-4H2,1H3. The Morgan fingerprint density at radius 1 is 1.80 bits per heavy atom. The first-order valence-electron chi connectivity index (χ1n) is 3.07. The molecule has 0 spiro atoms. The molecule has 3 nitrogen and oxygen atoms in total. The highest BCUT2D eigenvalue weighted by atomic mass is 32.1. The van der Waals surface area contributed by atoms with Crippen molar-refractivity contribution in [2.45, 2.75) is 12.2 Å². The van der Waals surface area contributed by atoms with Crippen LogP contribution in [-0.4, -0.2) is 31.1 Å². The monoisotopic (exact) mass is 161 g/mol. The third-order valence-corrected chi connectivity index (χ3v) is 0.920. The Labute approximate surface area is 65.9 Å². The number of nitrogens with zero attached hydrogens (tertiary/aromatic N) is 1. The summed E-state index contributed by atoms with van der Waals surface area (Å²) in [6.07, 6.45) is 1.43. The molecule has 0 N–H and O–H groups in total. The van der Waals surface area contributed by atoms with Gasteiger partial charge in [-0.2, -0.15) is 12.6 Å². The highest BCUT2D eigenvalue weighted by Crippen LogP contribution is 1.91. The molecule has 0 aliphatic carbocycles. The van der Waals surface area contributed by atoms with Crippen molar-refractivity contribution < 1.29 is 9.53 Å². The molecule has 0 aromatic rings. The van der Waals surface area contributed by atoms with Gasteiger partial charge in [0.2, 0.25) is 6.08 Å². The van der Waals surface area contributed by atoms with E-state index in [0.717, 1.165) is 0 Å². The fourth-order valence-electron chi connectivity index (χ4n) is 0.410. The average Bonchev–Trinajstić information content (AvgIpc) is 1.87. The molecule has 1 unspecified atom stereocenters. The average molecular weight is 161 g/mol. The highest BCUT2D eigenvalue weighted by molar-refractivity contribution is 7.80. The second-order valence-electron chi connectivity index (χ2n) is 1.90. The van der Waals surface area contributed by atoms with E-state index in [1.54, 1.807) is 0 Å². The third-order valence-electron chi connectivity index (χ3n) is 0.771. The lowest BCUT2D eigenvalue weighted by molar-refractivity contribution is 0.146. The molecule has 0 aliphatic rings. The first-order chi connectivity index (χ1) is 4.77. The van der Waals surface area contributed by atoms with Crippen molar-refractivity contribution in [3.8, 4) is 0 Å². The van der Waals surface area contributed by atoms with Gasteiger partial charge in [0.05, 0.1) is 19.8 Å². The predicted octanol–water partition coefficient (Wildman–Crippen LogP) is 0.657. The number of carbonyl (C=O) groups excluding carboxylic acids is 1. The molecule has 58 valence electrons. The molecule has 10 heavy (non-hydrogen) atoms. The molecule has 0 amide bonds. The van der Waals surface area contributed by atoms with E-state index in [0.29, 0.717) is 19.8 Å². The fraction of sp³-hybridized carbons (Fsp3) is 0.833. The molecule has 0 fully saturated rings. The van der Waals surface area contributed by atoms with Crippen LogP contribution >= 0.6 is 12.6 Å². The predicted molar refractivity (Wildman–Crippen MR) is 42.3 cm³/mol. The van der Waals surface area contributed by atoms with Gasteiger partial charge in [-0.25, -0.2) is 9.79 Å². The second-order valence-corrected chi connectivity index (χ2v) is 2.78. The molecule has 0 bridgehead atoms. The van der Waals surface area contributed by atoms with Gasteiger partial charge in [0, 0.05) is 5.25 Å². The van der Waals surface area contributed by atoms with Crippen molar-refractivity contribution in [1.82, 2.24) is 0 Å². The van der Waals surface area contributed by atoms with Gasteiger partial charge in [0.1, 0.15) is 0 Å². The second kappa shape index (κ2) is 6.81. The molecule has 1 atom stereocenters. The lowest BCUT2D eigenvalue weighted by Crippen LogP contribution is -2.07. The molecule has 0 saturated heterocycles. The van der Waals surface area contributed by atoms with Crippen LogP contribution in [0.4, 0.5) is 0 Å². The molecule has 0 aromatic heterocycles. The largest absolute Gasteiger partial charge is 0.378 e. The zero-order chi connectivity index (χ0) is 7.82. The lowest BCUT2D eigenvalue weighted by atomic mass is 10.5. The molecule has 0 rings (SSSR count). The van der Waals surface area contributed by atoms with E-state index in [1.807, 2.05) is 6.92 Å². The van der Waals surface area contributed by atoms with Crippen molar-refractivity contribution in [3.63, 3.8) is 0 Å². The molecular weight excluding hydrogens is 150 g/mol. The Kier molecular flexibility index (Phi) is 6.59. The SMILES string of the molecule is CC(S)COCCN=C=O. The van der Waals surface area contributed by atoms with Crippen LogP contribution in [0.1, 0.15) is 6.92 Å². The number of ether oxygens (including phenoxy) is 1. The van der Waals surface area contributed by atoms with Crippen molar-refractivity contribution >= 4 is 18.7 Å². The summed E-state index contributed by atoms with van der Waals surface area (Å²) in [6.45, 7) is 3.40. The van der Waals surface area contributed by atoms with Gasteiger partial charge >= 0.3 is 0 Å². The van der Waals surface area contributed by atoms with Gasteiger partial charge in [0.15, 0.2) is 0 Å². The minimum Gasteiger partial charge on any atom is -0.378 e. The van der Waals surface area contributed by atoms with Crippen molar-refractivity contribution in [2.75, 3.05) is 19.8 Å². The zero-order valence-electron chi connectivity index (χ0n) is 5.91. The third kappa shape index (κ3) is 7.69. The normalized spacial score (nSPS) is 12.2. The van der Waals surface area contributed by atoms with Crippen LogP contribution in [0.25, 0.3) is 0 Å². The maximum atomic E-state index is 9.54. The molecular formula is C6H11NO2S. The van der Waals surface area contributed by atoms with Crippen LogP contribution in [0.3, 0.4) is 0 Å². The molecule has 0 aliphatic heterocycles. The Balaban J connectivity index is 2.98. The minimum absolute atomic E-state index is 0.236. The van der Waals surface area contributed by atoms with E-state index in [1.165, 1.54) is 6.08 Å². The number of hydrogen-bond donors (Lipinski definition) is 1. The van der Waals surface area contributed by atoms with Gasteiger partial charge in [-0.1, -0.05) is 6.92 Å². The number of aliphatic imine (C=N–C) groups is 1. The highest BCUT2D eigenvalue weighted by Gasteiger charge is 1.92. The summed E-state index contributed by atoms with van der Waals surface area (Å²) in [5.74, 6) is 0. The molecule has 0 saturated carbocycles. The summed E-state index contributed by atoms with van der Waals surface area (Å²) in [6, 6.07) is 0. The molecule has 4 heteroatoms. The van der Waals surface area contributed by atoms with Crippen LogP contribution < -0.4 is 0 Å². The Morgan fingerprint density at radius 3 is 3.00 bits per heavy atom. The van der Waals surface area contributed by atoms with Gasteiger partial charge in [-0.05, 0) is 0 Å². The van der Waals surface area contributed by atoms with Crippen LogP contribution in [0.15, 0.2) is 4.99 Å². The first-order valence-corrected chi connectivity index (χ1v) is 3.58. The van der Waals surface area contributed by atoms with Gasteiger partial charge in [-0.15, -0.1) is 0 Å². The van der Waals surface area contributed by atoms with Gasteiger partial charge in [0.25, 0.3) is 0 Å². The van der Waals surface area contributed by atoms with Crippen LogP contribution in [0.2, 0.25) is 0 Å². The van der Waals surface area contributed by atoms with E-state index in [2.05, 4.69) is 17.6 Å².